The molecule has 0 amide bonds. The van der Waals surface area contributed by atoms with Crippen LogP contribution in [0.3, 0.4) is 0 Å². The molecule has 0 fully saturated rings. The number of halogens is 2. The van der Waals surface area contributed by atoms with Crippen LogP contribution < -0.4 is 10.2 Å². The highest BCUT2D eigenvalue weighted by molar-refractivity contribution is 7.07. The zero-order valence-corrected chi connectivity index (χ0v) is 12.3. The van der Waals surface area contributed by atoms with Gasteiger partial charge in [-0.2, -0.15) is 0 Å². The van der Waals surface area contributed by atoms with Gasteiger partial charge in [-0.05, 0) is 6.07 Å². The van der Waals surface area contributed by atoms with E-state index in [1.54, 1.807) is 30.0 Å². The van der Waals surface area contributed by atoms with Crippen molar-refractivity contribution >= 4 is 46.2 Å². The van der Waals surface area contributed by atoms with E-state index < -0.39 is 0 Å². The van der Waals surface area contributed by atoms with Gasteiger partial charge in [-0.3, -0.25) is 0 Å². The Kier molecular flexibility index (Phi) is 4.27. The maximum Gasteiger partial charge on any atom is 0.150 e. The van der Waals surface area contributed by atoms with Crippen molar-refractivity contribution in [1.29, 1.82) is 0 Å². The quantitative estimate of drug-likeness (QED) is 0.938. The first-order valence-corrected chi connectivity index (χ1v) is 6.93. The third kappa shape index (κ3) is 2.85. The summed E-state index contributed by atoms with van der Waals surface area (Å²) in [6, 6.07) is 1.69. The molecule has 1 N–H and O–H groups in total. The molecule has 0 aliphatic heterocycles. The van der Waals surface area contributed by atoms with Gasteiger partial charge in [0.25, 0.3) is 0 Å². The van der Waals surface area contributed by atoms with E-state index in [-0.39, 0.29) is 0 Å². The molecule has 7 heteroatoms. The second-order valence-corrected chi connectivity index (χ2v) is 5.24. The van der Waals surface area contributed by atoms with Gasteiger partial charge in [0.2, 0.25) is 0 Å². The highest BCUT2D eigenvalue weighted by Crippen LogP contribution is 2.31. The second-order valence-electron chi connectivity index (χ2n) is 3.71. The molecule has 0 saturated carbocycles. The summed E-state index contributed by atoms with van der Waals surface area (Å²) in [4.78, 5) is 10.6. The zero-order chi connectivity index (χ0) is 13.1. The lowest BCUT2D eigenvalue weighted by Crippen LogP contribution is -2.18. The van der Waals surface area contributed by atoms with Crippen molar-refractivity contribution in [1.82, 2.24) is 9.97 Å². The van der Waals surface area contributed by atoms with Gasteiger partial charge in [-0.15, -0.1) is 11.3 Å². The van der Waals surface area contributed by atoms with E-state index in [4.69, 9.17) is 23.2 Å². The summed E-state index contributed by atoms with van der Waals surface area (Å²) in [5.41, 5.74) is 2.79. The molecule has 0 aliphatic carbocycles. The van der Waals surface area contributed by atoms with Crippen LogP contribution in [-0.4, -0.2) is 24.1 Å². The van der Waals surface area contributed by atoms with Crippen LogP contribution in [0.25, 0.3) is 0 Å². The molecule has 4 nitrogen and oxygen atoms in total. The Morgan fingerprint density at radius 1 is 1.39 bits per heavy atom. The summed E-state index contributed by atoms with van der Waals surface area (Å²) in [5.74, 6) is 1.29. The van der Waals surface area contributed by atoms with Gasteiger partial charge >= 0.3 is 0 Å². The minimum Gasteiger partial charge on any atom is -0.372 e. The molecular formula is C11H12Cl2N4S. The van der Waals surface area contributed by atoms with E-state index in [0.717, 1.165) is 5.69 Å². The van der Waals surface area contributed by atoms with Crippen molar-refractivity contribution < 1.29 is 0 Å². The van der Waals surface area contributed by atoms with Crippen LogP contribution in [0.1, 0.15) is 5.69 Å². The Hall–Kier alpha value is -1.04. The summed E-state index contributed by atoms with van der Waals surface area (Å²) in [6.07, 6.45) is 0. The molecule has 0 unspecified atom stereocenters. The van der Waals surface area contributed by atoms with Crippen LogP contribution >= 0.6 is 34.5 Å². The Balaban J connectivity index is 2.26. The normalized spacial score (nSPS) is 10.4. The fourth-order valence-corrected chi connectivity index (χ4v) is 2.68. The third-order valence-corrected chi connectivity index (χ3v) is 3.59. The van der Waals surface area contributed by atoms with Crippen LogP contribution in [-0.2, 0) is 6.54 Å². The minimum absolute atomic E-state index is 0.508. The fraction of sp³-hybridized carbons (Fsp3) is 0.273. The molecule has 0 aromatic carbocycles. The lowest BCUT2D eigenvalue weighted by Gasteiger charge is -2.19. The number of pyridine rings is 1. The maximum atomic E-state index is 6.16. The summed E-state index contributed by atoms with van der Waals surface area (Å²) < 4.78 is 0. The van der Waals surface area contributed by atoms with Crippen molar-refractivity contribution in [3.8, 4) is 0 Å². The first kappa shape index (κ1) is 13.4. The van der Waals surface area contributed by atoms with Crippen molar-refractivity contribution in [2.24, 2.45) is 0 Å². The van der Waals surface area contributed by atoms with Gasteiger partial charge < -0.3 is 10.2 Å². The summed E-state index contributed by atoms with van der Waals surface area (Å²) in [5, 5.41) is 5.97. The first-order chi connectivity index (χ1) is 8.61. The lowest BCUT2D eigenvalue weighted by molar-refractivity contribution is 0.875. The zero-order valence-electron chi connectivity index (χ0n) is 9.94. The van der Waals surface area contributed by atoms with E-state index in [9.17, 15) is 0 Å². The predicted molar refractivity (Wildman–Crippen MR) is 78.0 cm³/mol. The van der Waals surface area contributed by atoms with Crippen molar-refractivity contribution in [2.75, 3.05) is 24.3 Å². The molecular weight excluding hydrogens is 291 g/mol. The van der Waals surface area contributed by atoms with Crippen LogP contribution in [0, 0.1) is 0 Å². The number of hydrogen-bond acceptors (Lipinski definition) is 5. The molecule has 2 aromatic heterocycles. The molecule has 0 aliphatic rings. The summed E-state index contributed by atoms with van der Waals surface area (Å²) in [6.45, 7) is 0.654. The molecule has 2 aromatic rings. The molecule has 18 heavy (non-hydrogen) atoms. The first-order valence-electron chi connectivity index (χ1n) is 5.24. The molecule has 0 atom stereocenters. The Labute approximate surface area is 120 Å². The molecule has 0 spiro atoms. The molecule has 0 saturated heterocycles. The van der Waals surface area contributed by atoms with Crippen LogP contribution in [0.15, 0.2) is 17.0 Å². The summed E-state index contributed by atoms with van der Waals surface area (Å²) in [7, 11) is 3.69. The number of thiazole rings is 1. The van der Waals surface area contributed by atoms with Crippen molar-refractivity contribution in [2.45, 2.75) is 6.54 Å². The van der Waals surface area contributed by atoms with Gasteiger partial charge in [0, 0.05) is 19.5 Å². The average molecular weight is 303 g/mol. The van der Waals surface area contributed by atoms with Gasteiger partial charge in [0.1, 0.15) is 11.6 Å². The molecule has 0 bridgehead atoms. The van der Waals surface area contributed by atoms with E-state index in [0.29, 0.717) is 28.2 Å². The largest absolute Gasteiger partial charge is 0.372 e. The number of nitrogens with zero attached hydrogens (tertiary/aromatic N) is 3. The number of hydrogen-bond donors (Lipinski definition) is 1. The Morgan fingerprint density at radius 2 is 2.17 bits per heavy atom. The van der Waals surface area contributed by atoms with E-state index in [2.05, 4.69) is 15.3 Å². The monoisotopic (exact) mass is 302 g/mol. The average Bonchev–Trinajstić information content (AvgIpc) is 2.81. The summed E-state index contributed by atoms with van der Waals surface area (Å²) >= 11 is 13.7. The highest BCUT2D eigenvalue weighted by Gasteiger charge is 2.13. The van der Waals surface area contributed by atoms with E-state index in [1.165, 1.54) is 0 Å². The molecule has 0 radical (unpaired) electrons. The van der Waals surface area contributed by atoms with Crippen molar-refractivity contribution in [3.63, 3.8) is 0 Å². The topological polar surface area (TPSA) is 41.1 Å². The smallest absolute Gasteiger partial charge is 0.150 e. The maximum absolute atomic E-state index is 6.16. The number of rotatable bonds is 4. The minimum atomic E-state index is 0.508. The van der Waals surface area contributed by atoms with E-state index >= 15 is 0 Å². The standard InChI is InChI=1S/C11H12Cl2N4S/c1-14-10-8(12)3-9(13)11(16-10)17(2)4-7-5-18-6-15-7/h3,5-6H,4H2,1-2H3,(H,14,16). The van der Waals surface area contributed by atoms with Gasteiger partial charge in [0.05, 0.1) is 27.8 Å². The number of aromatic nitrogens is 2. The Bertz CT molecular complexity index is 530. The SMILES string of the molecule is CNc1nc(N(C)Cc2cscn2)c(Cl)cc1Cl. The third-order valence-electron chi connectivity index (χ3n) is 2.39. The highest BCUT2D eigenvalue weighted by atomic mass is 35.5. The van der Waals surface area contributed by atoms with Crippen LogP contribution in [0.5, 0.6) is 0 Å². The molecule has 2 rings (SSSR count). The lowest BCUT2D eigenvalue weighted by atomic mass is 10.3. The number of anilines is 2. The second kappa shape index (κ2) is 5.73. The van der Waals surface area contributed by atoms with E-state index in [1.807, 2.05) is 17.3 Å². The fourth-order valence-electron chi connectivity index (χ4n) is 1.53. The van der Waals surface area contributed by atoms with Gasteiger partial charge in [0.15, 0.2) is 0 Å². The van der Waals surface area contributed by atoms with Crippen LogP contribution in [0.2, 0.25) is 10.0 Å². The van der Waals surface area contributed by atoms with Crippen LogP contribution in [0.4, 0.5) is 11.6 Å². The number of nitrogens with one attached hydrogen (secondary N) is 1. The molecule has 2 heterocycles. The van der Waals surface area contributed by atoms with Gasteiger partial charge in [-0.25, -0.2) is 9.97 Å². The predicted octanol–water partition coefficient (Wildman–Crippen LogP) is 3.52. The van der Waals surface area contributed by atoms with Crippen molar-refractivity contribution in [3.05, 3.63) is 32.7 Å². The Morgan fingerprint density at radius 3 is 2.78 bits per heavy atom. The van der Waals surface area contributed by atoms with Gasteiger partial charge in [-0.1, -0.05) is 23.2 Å². The molecule has 96 valence electrons.